The monoisotopic (exact) mass is 141 g/mol. The van der Waals surface area contributed by atoms with E-state index in [4.69, 9.17) is 0 Å². The van der Waals surface area contributed by atoms with E-state index in [1.807, 2.05) is 6.92 Å². The van der Waals surface area contributed by atoms with Gasteiger partial charge < -0.3 is 4.72 Å². The molecule has 0 aliphatic rings. The number of thiol groups is 1. The molecule has 0 bridgehead atoms. The Balaban J connectivity index is 3.01. The largest absolute Gasteiger partial charge is 0.330 e. The van der Waals surface area contributed by atoms with E-state index in [9.17, 15) is 0 Å². The Morgan fingerprint density at radius 3 is 2.89 bits per heavy atom. The van der Waals surface area contributed by atoms with Crippen LogP contribution in [0.4, 0.5) is 5.69 Å². The Bertz CT molecular complexity index is 201. The van der Waals surface area contributed by atoms with Crippen molar-refractivity contribution in [2.24, 2.45) is 0 Å². The van der Waals surface area contributed by atoms with Gasteiger partial charge in [-0.1, -0.05) is 12.8 Å². The normalized spacial score (nSPS) is 9.11. The third kappa shape index (κ3) is 1.32. The van der Waals surface area contributed by atoms with E-state index in [-0.39, 0.29) is 0 Å². The molecular formula is C5H7N3S. The molecule has 0 aliphatic carbocycles. The Morgan fingerprint density at radius 2 is 2.44 bits per heavy atom. The maximum atomic E-state index is 3.93. The average molecular weight is 141 g/mol. The second kappa shape index (κ2) is 2.68. The van der Waals surface area contributed by atoms with Crippen LogP contribution in [-0.2, 0) is 0 Å². The number of nitrogens with zero attached hydrogens (tertiary/aromatic N) is 2. The molecule has 0 aromatic carbocycles. The first-order valence-corrected chi connectivity index (χ1v) is 2.96. The SMILES string of the molecule is Cc1ncncc1NS. The minimum Gasteiger partial charge on any atom is -0.330 e. The van der Waals surface area contributed by atoms with Crippen molar-refractivity contribution < 1.29 is 0 Å². The van der Waals surface area contributed by atoms with Gasteiger partial charge in [-0.25, -0.2) is 9.97 Å². The van der Waals surface area contributed by atoms with E-state index in [0.717, 1.165) is 11.4 Å². The zero-order valence-electron chi connectivity index (χ0n) is 5.00. The highest BCUT2D eigenvalue weighted by atomic mass is 32.1. The summed E-state index contributed by atoms with van der Waals surface area (Å²) in [6.45, 7) is 1.89. The smallest absolute Gasteiger partial charge is 0.115 e. The lowest BCUT2D eigenvalue weighted by Crippen LogP contribution is -1.89. The first kappa shape index (κ1) is 6.35. The van der Waals surface area contributed by atoms with Crippen LogP contribution in [0.5, 0.6) is 0 Å². The van der Waals surface area contributed by atoms with Crippen LogP contribution in [0.15, 0.2) is 12.5 Å². The first-order chi connectivity index (χ1) is 4.34. The number of anilines is 1. The lowest BCUT2D eigenvalue weighted by molar-refractivity contribution is 1.11. The van der Waals surface area contributed by atoms with Crippen LogP contribution < -0.4 is 4.72 Å². The molecule has 1 aromatic rings. The van der Waals surface area contributed by atoms with Gasteiger partial charge in [-0.3, -0.25) is 0 Å². The van der Waals surface area contributed by atoms with Crippen LogP contribution in [0, 0.1) is 6.92 Å². The predicted octanol–water partition coefficient (Wildman–Crippen LogP) is 1.04. The van der Waals surface area contributed by atoms with Crippen molar-refractivity contribution in [3.63, 3.8) is 0 Å². The molecule has 3 nitrogen and oxygen atoms in total. The molecule has 0 amide bonds. The molecule has 9 heavy (non-hydrogen) atoms. The van der Waals surface area contributed by atoms with Gasteiger partial charge in [0, 0.05) is 0 Å². The molecule has 1 rings (SSSR count). The van der Waals surface area contributed by atoms with Crippen LogP contribution >= 0.6 is 12.8 Å². The zero-order valence-corrected chi connectivity index (χ0v) is 5.89. The minimum atomic E-state index is 0.848. The fourth-order valence-corrected chi connectivity index (χ4v) is 0.720. The van der Waals surface area contributed by atoms with Crippen molar-refractivity contribution in [3.05, 3.63) is 18.2 Å². The summed E-state index contributed by atoms with van der Waals surface area (Å²) < 4.78 is 2.66. The van der Waals surface area contributed by atoms with Gasteiger partial charge in [0.25, 0.3) is 0 Å². The molecule has 0 radical (unpaired) electrons. The van der Waals surface area contributed by atoms with E-state index in [1.165, 1.54) is 6.33 Å². The summed E-state index contributed by atoms with van der Waals surface area (Å²) >= 11 is 3.85. The van der Waals surface area contributed by atoms with Gasteiger partial charge in [0.2, 0.25) is 0 Å². The average Bonchev–Trinajstić information content (AvgIpc) is 1.89. The van der Waals surface area contributed by atoms with E-state index in [1.54, 1.807) is 6.20 Å². The van der Waals surface area contributed by atoms with Crippen LogP contribution in [0.2, 0.25) is 0 Å². The lowest BCUT2D eigenvalue weighted by atomic mass is 10.4. The Hall–Kier alpha value is -0.770. The second-order valence-electron chi connectivity index (χ2n) is 1.63. The highest BCUT2D eigenvalue weighted by Crippen LogP contribution is 2.07. The third-order valence-electron chi connectivity index (χ3n) is 1.03. The quantitative estimate of drug-likeness (QED) is 0.574. The standard InChI is InChI=1S/C5H7N3S/c1-4-5(8-9)2-6-3-7-4/h2-3,8-9H,1H3. The molecule has 48 valence electrons. The molecular weight excluding hydrogens is 134 g/mol. The van der Waals surface area contributed by atoms with Gasteiger partial charge in [-0.2, -0.15) is 0 Å². The van der Waals surface area contributed by atoms with Crippen molar-refractivity contribution in [2.75, 3.05) is 4.72 Å². The van der Waals surface area contributed by atoms with Gasteiger partial charge in [0.15, 0.2) is 0 Å². The topological polar surface area (TPSA) is 37.8 Å². The Kier molecular flexibility index (Phi) is 1.89. The summed E-state index contributed by atoms with van der Waals surface area (Å²) in [6, 6.07) is 0. The summed E-state index contributed by atoms with van der Waals surface area (Å²) in [5.74, 6) is 0. The molecule has 0 saturated heterocycles. The Labute approximate surface area is 59.1 Å². The van der Waals surface area contributed by atoms with Crippen molar-refractivity contribution in [1.29, 1.82) is 0 Å². The van der Waals surface area contributed by atoms with Crippen molar-refractivity contribution in [1.82, 2.24) is 9.97 Å². The molecule has 0 saturated carbocycles. The third-order valence-corrected chi connectivity index (χ3v) is 1.27. The number of rotatable bonds is 1. The number of hydrogen-bond acceptors (Lipinski definition) is 4. The van der Waals surface area contributed by atoms with Crippen molar-refractivity contribution >= 4 is 18.5 Å². The fourth-order valence-electron chi connectivity index (χ4n) is 0.501. The molecule has 1 N–H and O–H groups in total. The summed E-state index contributed by atoms with van der Waals surface area (Å²) in [5, 5.41) is 0. The molecule has 0 atom stereocenters. The second-order valence-corrected chi connectivity index (χ2v) is 1.86. The van der Waals surface area contributed by atoms with Crippen molar-refractivity contribution in [3.8, 4) is 0 Å². The van der Waals surface area contributed by atoms with Crippen molar-refractivity contribution in [2.45, 2.75) is 6.92 Å². The van der Waals surface area contributed by atoms with Gasteiger partial charge in [-0.05, 0) is 6.92 Å². The molecule has 0 fully saturated rings. The van der Waals surface area contributed by atoms with Gasteiger partial charge in [0.1, 0.15) is 6.33 Å². The maximum absolute atomic E-state index is 3.93. The van der Waals surface area contributed by atoms with E-state index >= 15 is 0 Å². The van der Waals surface area contributed by atoms with Crippen LogP contribution in [0.3, 0.4) is 0 Å². The molecule has 1 heterocycles. The lowest BCUT2D eigenvalue weighted by Gasteiger charge is -1.98. The maximum Gasteiger partial charge on any atom is 0.115 e. The number of aryl methyl sites for hydroxylation is 1. The fraction of sp³-hybridized carbons (Fsp3) is 0.200. The molecule has 0 unspecified atom stereocenters. The minimum absolute atomic E-state index is 0.848. The van der Waals surface area contributed by atoms with Crippen LogP contribution in [-0.4, -0.2) is 9.97 Å². The molecule has 1 aromatic heterocycles. The molecule has 0 aliphatic heterocycles. The highest BCUT2D eigenvalue weighted by Gasteiger charge is 1.92. The van der Waals surface area contributed by atoms with Gasteiger partial charge in [-0.15, -0.1) is 0 Å². The Morgan fingerprint density at radius 1 is 1.67 bits per heavy atom. The molecule has 0 spiro atoms. The number of aromatic nitrogens is 2. The first-order valence-electron chi connectivity index (χ1n) is 2.51. The summed E-state index contributed by atoms with van der Waals surface area (Å²) in [4.78, 5) is 7.72. The molecule has 4 heteroatoms. The van der Waals surface area contributed by atoms with Crippen LogP contribution in [0.25, 0.3) is 0 Å². The zero-order chi connectivity index (χ0) is 6.69. The number of hydrogen-bond donors (Lipinski definition) is 2. The van der Waals surface area contributed by atoms with Crippen LogP contribution in [0.1, 0.15) is 5.69 Å². The van der Waals surface area contributed by atoms with E-state index < -0.39 is 0 Å². The van der Waals surface area contributed by atoms with E-state index in [2.05, 4.69) is 27.5 Å². The summed E-state index contributed by atoms with van der Waals surface area (Å²) in [6.07, 6.45) is 3.18. The number of nitrogens with one attached hydrogen (secondary N) is 1. The van der Waals surface area contributed by atoms with Gasteiger partial charge in [0.05, 0.1) is 17.6 Å². The summed E-state index contributed by atoms with van der Waals surface area (Å²) in [7, 11) is 0. The predicted molar refractivity (Wildman–Crippen MR) is 39.4 cm³/mol. The van der Waals surface area contributed by atoms with E-state index in [0.29, 0.717) is 0 Å². The highest BCUT2D eigenvalue weighted by molar-refractivity contribution is 7.81. The summed E-state index contributed by atoms with van der Waals surface area (Å²) in [5.41, 5.74) is 1.75. The van der Waals surface area contributed by atoms with Gasteiger partial charge >= 0.3 is 0 Å².